The molecule has 0 aliphatic carbocycles. The van der Waals surface area contributed by atoms with Gasteiger partial charge in [-0.25, -0.2) is 0 Å². The van der Waals surface area contributed by atoms with Crippen LogP contribution in [-0.2, 0) is 17.8 Å². The van der Waals surface area contributed by atoms with E-state index in [0.717, 1.165) is 25.2 Å². The van der Waals surface area contributed by atoms with E-state index in [1.54, 1.807) is 24.1 Å². The molecule has 0 atom stereocenters. The third-order valence-electron chi connectivity index (χ3n) is 3.10. The minimum Gasteiger partial charge on any atom is -0.312 e. The largest absolute Gasteiger partial charge is 0.312 e. The van der Waals surface area contributed by atoms with Crippen molar-refractivity contribution in [3.8, 4) is 0 Å². The molecule has 1 aromatic carbocycles. The van der Waals surface area contributed by atoms with Gasteiger partial charge in [0, 0.05) is 19.3 Å². The maximum Gasteiger partial charge on any atom is 0.250 e. The van der Waals surface area contributed by atoms with Gasteiger partial charge in [0.2, 0.25) is 5.91 Å². The molecule has 0 radical (unpaired) electrons. The Kier molecular flexibility index (Phi) is 3.59. The number of allylic oxidation sites excluding steroid dienone is 1. The molecule has 3 nitrogen and oxygen atoms in total. The lowest BCUT2D eigenvalue weighted by Crippen LogP contribution is -2.26. The van der Waals surface area contributed by atoms with Crippen molar-refractivity contribution in [3.05, 3.63) is 41.5 Å². The van der Waals surface area contributed by atoms with Crippen LogP contribution in [0.2, 0.25) is 0 Å². The van der Waals surface area contributed by atoms with Gasteiger partial charge >= 0.3 is 0 Å². The molecule has 0 saturated heterocycles. The zero-order valence-electron chi connectivity index (χ0n) is 10.4. The van der Waals surface area contributed by atoms with Gasteiger partial charge in [0.15, 0.2) is 0 Å². The minimum absolute atomic E-state index is 0.0104. The quantitative estimate of drug-likeness (QED) is 0.787. The van der Waals surface area contributed by atoms with E-state index in [4.69, 9.17) is 0 Å². The number of anilines is 1. The van der Waals surface area contributed by atoms with E-state index in [-0.39, 0.29) is 5.91 Å². The van der Waals surface area contributed by atoms with E-state index in [9.17, 15) is 4.79 Å². The van der Waals surface area contributed by atoms with Crippen LogP contribution in [0.1, 0.15) is 18.1 Å². The normalized spacial score (nSPS) is 14.7. The molecule has 0 aromatic heterocycles. The maximum absolute atomic E-state index is 11.7. The van der Waals surface area contributed by atoms with Crippen LogP contribution in [0.5, 0.6) is 0 Å². The molecule has 90 valence electrons. The van der Waals surface area contributed by atoms with Crippen LogP contribution in [0, 0.1) is 0 Å². The molecule has 3 heteroatoms. The van der Waals surface area contributed by atoms with E-state index in [2.05, 4.69) is 17.4 Å². The second kappa shape index (κ2) is 5.15. The lowest BCUT2D eigenvalue weighted by atomic mass is 10.0. The second-order valence-corrected chi connectivity index (χ2v) is 4.28. The number of benzene rings is 1. The molecule has 1 N–H and O–H groups in total. The molecular weight excluding hydrogens is 212 g/mol. The maximum atomic E-state index is 11.7. The van der Waals surface area contributed by atoms with Gasteiger partial charge < -0.3 is 10.2 Å². The first-order valence-corrected chi connectivity index (χ1v) is 5.95. The smallest absolute Gasteiger partial charge is 0.250 e. The summed E-state index contributed by atoms with van der Waals surface area (Å²) in [6.45, 7) is 3.79. The SMILES string of the molecule is C/C=C/C(=O)N(C)c1ccc2c(c1)CNCC2. The number of amides is 1. The third-order valence-corrected chi connectivity index (χ3v) is 3.10. The number of nitrogens with zero attached hydrogens (tertiary/aromatic N) is 1. The molecule has 1 aliphatic rings. The molecule has 0 spiro atoms. The summed E-state index contributed by atoms with van der Waals surface area (Å²) in [5.41, 5.74) is 3.64. The van der Waals surface area contributed by atoms with Crippen LogP contribution in [0.4, 0.5) is 5.69 Å². The Morgan fingerprint density at radius 2 is 2.24 bits per heavy atom. The minimum atomic E-state index is 0.0104. The zero-order chi connectivity index (χ0) is 12.3. The van der Waals surface area contributed by atoms with Crippen LogP contribution in [0.25, 0.3) is 0 Å². The van der Waals surface area contributed by atoms with Gasteiger partial charge in [0.25, 0.3) is 0 Å². The van der Waals surface area contributed by atoms with Crippen LogP contribution >= 0.6 is 0 Å². The molecule has 2 rings (SSSR count). The highest BCUT2D eigenvalue weighted by Gasteiger charge is 2.12. The fraction of sp³-hybridized carbons (Fsp3) is 0.357. The van der Waals surface area contributed by atoms with Crippen LogP contribution in [0.3, 0.4) is 0 Å². The van der Waals surface area contributed by atoms with Gasteiger partial charge in [-0.3, -0.25) is 4.79 Å². The highest BCUT2D eigenvalue weighted by molar-refractivity contribution is 6.00. The Hall–Kier alpha value is -1.61. The highest BCUT2D eigenvalue weighted by atomic mass is 16.2. The summed E-state index contributed by atoms with van der Waals surface area (Å²) < 4.78 is 0. The van der Waals surface area contributed by atoms with E-state index in [1.807, 2.05) is 13.0 Å². The molecule has 0 unspecified atom stereocenters. The molecule has 0 saturated carbocycles. The van der Waals surface area contributed by atoms with Gasteiger partial charge in [-0.05, 0) is 49.2 Å². The Bertz CT molecular complexity index is 452. The number of likely N-dealkylation sites (N-methyl/N-ethyl adjacent to an activating group) is 1. The Balaban J connectivity index is 2.24. The molecule has 0 bridgehead atoms. The van der Waals surface area contributed by atoms with Gasteiger partial charge in [-0.2, -0.15) is 0 Å². The first-order valence-electron chi connectivity index (χ1n) is 5.95. The number of hydrogen-bond donors (Lipinski definition) is 1. The third kappa shape index (κ3) is 2.56. The predicted octanol–water partition coefficient (Wildman–Crippen LogP) is 1.87. The van der Waals surface area contributed by atoms with E-state index in [0.29, 0.717) is 0 Å². The first kappa shape index (κ1) is 11.9. The molecule has 17 heavy (non-hydrogen) atoms. The number of carbonyl (C=O) groups excluding carboxylic acids is 1. The monoisotopic (exact) mass is 230 g/mol. The number of fused-ring (bicyclic) bond motifs is 1. The molecular formula is C14H18N2O. The molecule has 0 fully saturated rings. The summed E-state index contributed by atoms with van der Waals surface area (Å²) in [7, 11) is 1.81. The lowest BCUT2D eigenvalue weighted by molar-refractivity contribution is -0.113. The summed E-state index contributed by atoms with van der Waals surface area (Å²) in [5, 5.41) is 3.34. The topological polar surface area (TPSA) is 32.3 Å². The molecule has 1 aromatic rings. The van der Waals surface area contributed by atoms with Crippen LogP contribution in [-0.4, -0.2) is 19.5 Å². The summed E-state index contributed by atoms with van der Waals surface area (Å²) in [6.07, 6.45) is 4.42. The summed E-state index contributed by atoms with van der Waals surface area (Å²) in [4.78, 5) is 13.4. The average Bonchev–Trinajstić information content (AvgIpc) is 2.37. The van der Waals surface area contributed by atoms with Crippen molar-refractivity contribution in [2.75, 3.05) is 18.5 Å². The van der Waals surface area contributed by atoms with E-state index >= 15 is 0 Å². The van der Waals surface area contributed by atoms with Crippen molar-refractivity contribution >= 4 is 11.6 Å². The molecule has 1 heterocycles. The molecule has 1 aliphatic heterocycles. The van der Waals surface area contributed by atoms with Crippen LogP contribution in [0.15, 0.2) is 30.4 Å². The Labute approximate surface area is 102 Å². The zero-order valence-corrected chi connectivity index (χ0v) is 10.4. The second-order valence-electron chi connectivity index (χ2n) is 4.28. The van der Waals surface area contributed by atoms with Crippen molar-refractivity contribution < 1.29 is 4.79 Å². The van der Waals surface area contributed by atoms with Crippen molar-refractivity contribution in [1.29, 1.82) is 0 Å². The Morgan fingerprint density at radius 1 is 1.41 bits per heavy atom. The van der Waals surface area contributed by atoms with E-state index in [1.165, 1.54) is 11.1 Å². The van der Waals surface area contributed by atoms with Gasteiger partial charge in [-0.1, -0.05) is 12.1 Å². The van der Waals surface area contributed by atoms with Gasteiger partial charge in [-0.15, -0.1) is 0 Å². The summed E-state index contributed by atoms with van der Waals surface area (Å²) >= 11 is 0. The number of carbonyl (C=O) groups is 1. The summed E-state index contributed by atoms with van der Waals surface area (Å²) in [6, 6.07) is 6.25. The lowest BCUT2D eigenvalue weighted by Gasteiger charge is -2.21. The van der Waals surface area contributed by atoms with E-state index < -0.39 is 0 Å². The standard InChI is InChI=1S/C14H18N2O/c1-3-4-14(17)16(2)13-6-5-11-7-8-15-10-12(11)9-13/h3-6,9,15H,7-8,10H2,1-2H3/b4-3+. The van der Waals surface area contributed by atoms with Crippen molar-refractivity contribution in [3.63, 3.8) is 0 Å². The molecule has 1 amide bonds. The summed E-state index contributed by atoms with van der Waals surface area (Å²) in [5.74, 6) is 0.0104. The van der Waals surface area contributed by atoms with Crippen molar-refractivity contribution in [2.24, 2.45) is 0 Å². The number of hydrogen-bond acceptors (Lipinski definition) is 2. The predicted molar refractivity (Wildman–Crippen MR) is 70.1 cm³/mol. The first-order chi connectivity index (χ1) is 8.22. The number of rotatable bonds is 2. The van der Waals surface area contributed by atoms with Crippen LogP contribution < -0.4 is 10.2 Å². The highest BCUT2D eigenvalue weighted by Crippen LogP contribution is 2.21. The fourth-order valence-electron chi connectivity index (χ4n) is 2.06. The van der Waals surface area contributed by atoms with Crippen molar-refractivity contribution in [2.45, 2.75) is 19.9 Å². The Morgan fingerprint density at radius 3 is 3.00 bits per heavy atom. The number of nitrogens with one attached hydrogen (secondary N) is 1. The van der Waals surface area contributed by atoms with Gasteiger partial charge in [0.1, 0.15) is 0 Å². The van der Waals surface area contributed by atoms with Crippen molar-refractivity contribution in [1.82, 2.24) is 5.32 Å². The average molecular weight is 230 g/mol. The van der Waals surface area contributed by atoms with Gasteiger partial charge in [0.05, 0.1) is 0 Å². The fourth-order valence-corrected chi connectivity index (χ4v) is 2.06.